The lowest BCUT2D eigenvalue weighted by molar-refractivity contribution is -0.385. The molecule has 0 unspecified atom stereocenters. The Labute approximate surface area is 196 Å². The number of nitrogens with zero attached hydrogens (tertiary/aromatic N) is 2. The van der Waals surface area contributed by atoms with Crippen molar-refractivity contribution in [2.75, 3.05) is 7.11 Å². The van der Waals surface area contributed by atoms with E-state index >= 15 is 0 Å². The van der Waals surface area contributed by atoms with E-state index in [4.69, 9.17) is 4.74 Å². The van der Waals surface area contributed by atoms with E-state index in [2.05, 4.69) is 15.9 Å². The number of rotatable bonds is 4. The Morgan fingerprint density at radius 1 is 0.882 bits per heavy atom. The molecular weight excluding hydrogens is 534 g/mol. The second-order valence-electron chi connectivity index (χ2n) is 6.97. The van der Waals surface area contributed by atoms with Crippen molar-refractivity contribution in [3.63, 3.8) is 0 Å². The van der Waals surface area contributed by atoms with Gasteiger partial charge in [0.05, 0.1) is 34.8 Å². The fourth-order valence-corrected chi connectivity index (χ4v) is 3.76. The van der Waals surface area contributed by atoms with Gasteiger partial charge in [0.15, 0.2) is 5.75 Å². The van der Waals surface area contributed by atoms with Crippen LogP contribution in [0, 0.1) is 21.4 Å². The van der Waals surface area contributed by atoms with Crippen LogP contribution in [-0.4, -0.2) is 12.0 Å². The number of hydrogen-bond donors (Lipinski definition) is 0. The molecule has 176 valence electrons. The molecule has 0 aliphatic heterocycles. The van der Waals surface area contributed by atoms with Gasteiger partial charge in [-0.3, -0.25) is 10.1 Å². The summed E-state index contributed by atoms with van der Waals surface area (Å²) in [6, 6.07) is 8.97. The van der Waals surface area contributed by atoms with Crippen molar-refractivity contribution in [1.82, 2.24) is 0 Å². The third-order valence-electron chi connectivity index (χ3n) is 4.76. The monoisotopic (exact) mass is 544 g/mol. The van der Waals surface area contributed by atoms with Crippen LogP contribution in [0.1, 0.15) is 16.7 Å². The molecule has 3 aromatic rings. The second-order valence-corrected chi connectivity index (χ2v) is 7.82. The van der Waals surface area contributed by atoms with Gasteiger partial charge in [0, 0.05) is 22.2 Å². The van der Waals surface area contributed by atoms with Gasteiger partial charge in [-0.05, 0) is 53.1 Å². The number of nitriles is 1. The Morgan fingerprint density at radius 2 is 1.41 bits per heavy atom. The zero-order chi connectivity index (χ0) is 25.4. The van der Waals surface area contributed by atoms with Crippen LogP contribution in [0.3, 0.4) is 0 Å². The van der Waals surface area contributed by atoms with E-state index in [1.165, 1.54) is 25.3 Å². The summed E-state index contributed by atoms with van der Waals surface area (Å²) in [5, 5.41) is 20.8. The molecular formula is C22H11BrF6N2O3. The third kappa shape index (κ3) is 5.14. The number of benzene rings is 3. The van der Waals surface area contributed by atoms with Gasteiger partial charge in [-0.1, -0.05) is 15.9 Å². The first-order valence-corrected chi connectivity index (χ1v) is 9.91. The molecule has 0 saturated carbocycles. The van der Waals surface area contributed by atoms with Gasteiger partial charge in [0.2, 0.25) is 0 Å². The van der Waals surface area contributed by atoms with Crippen molar-refractivity contribution >= 4 is 21.6 Å². The van der Waals surface area contributed by atoms with Gasteiger partial charge in [-0.25, -0.2) is 0 Å². The lowest BCUT2D eigenvalue weighted by Crippen LogP contribution is -2.11. The zero-order valence-electron chi connectivity index (χ0n) is 16.9. The van der Waals surface area contributed by atoms with Crippen molar-refractivity contribution in [2.24, 2.45) is 0 Å². The van der Waals surface area contributed by atoms with Crippen molar-refractivity contribution < 1.29 is 36.0 Å². The van der Waals surface area contributed by atoms with Crippen LogP contribution in [0.25, 0.3) is 22.3 Å². The summed E-state index contributed by atoms with van der Waals surface area (Å²) in [5.74, 6) is -0.0787. The summed E-state index contributed by atoms with van der Waals surface area (Å²) < 4.78 is 85.0. The van der Waals surface area contributed by atoms with Crippen LogP contribution in [0.5, 0.6) is 5.75 Å². The molecule has 0 saturated heterocycles. The third-order valence-corrected chi connectivity index (χ3v) is 5.42. The maximum absolute atomic E-state index is 13.3. The van der Waals surface area contributed by atoms with E-state index in [1.54, 1.807) is 6.07 Å². The highest BCUT2D eigenvalue weighted by atomic mass is 79.9. The normalized spacial score (nSPS) is 11.7. The first-order chi connectivity index (χ1) is 15.7. The van der Waals surface area contributed by atoms with Crippen molar-refractivity contribution in [3.05, 3.63) is 79.8 Å². The highest BCUT2D eigenvalue weighted by Crippen LogP contribution is 2.42. The molecule has 0 amide bonds. The quantitative estimate of drug-likeness (QED) is 0.192. The van der Waals surface area contributed by atoms with E-state index in [0.29, 0.717) is 12.1 Å². The van der Waals surface area contributed by atoms with Gasteiger partial charge >= 0.3 is 18.0 Å². The molecule has 0 aromatic heterocycles. The smallest absolute Gasteiger partial charge is 0.416 e. The molecule has 0 N–H and O–H groups in total. The van der Waals surface area contributed by atoms with Gasteiger partial charge in [-0.15, -0.1) is 0 Å². The molecule has 0 heterocycles. The van der Waals surface area contributed by atoms with Gasteiger partial charge < -0.3 is 4.74 Å². The summed E-state index contributed by atoms with van der Waals surface area (Å²) in [7, 11) is 1.22. The average Bonchev–Trinajstić information content (AvgIpc) is 2.76. The number of nitro benzene ring substituents is 1. The second kappa shape index (κ2) is 8.98. The predicted molar refractivity (Wildman–Crippen MR) is 113 cm³/mol. The molecule has 34 heavy (non-hydrogen) atoms. The number of ether oxygens (including phenoxy) is 1. The largest absolute Gasteiger partial charge is 0.490 e. The highest BCUT2D eigenvalue weighted by Gasteiger charge is 2.37. The molecule has 0 radical (unpaired) electrons. The summed E-state index contributed by atoms with van der Waals surface area (Å²) in [6.45, 7) is 0. The lowest BCUT2D eigenvalue weighted by atomic mass is 9.94. The summed E-state index contributed by atoms with van der Waals surface area (Å²) in [6.07, 6.45) is -10.1. The molecule has 0 spiro atoms. The summed E-state index contributed by atoms with van der Waals surface area (Å²) in [4.78, 5) is 10.7. The molecule has 0 aliphatic rings. The molecule has 0 fully saturated rings. The Morgan fingerprint density at radius 3 is 1.88 bits per heavy atom. The first-order valence-electron chi connectivity index (χ1n) is 9.12. The number of alkyl halides is 6. The zero-order valence-corrected chi connectivity index (χ0v) is 18.5. The van der Waals surface area contributed by atoms with Crippen molar-refractivity contribution in [3.8, 4) is 34.1 Å². The van der Waals surface area contributed by atoms with Crippen LogP contribution in [0.15, 0.2) is 53.0 Å². The van der Waals surface area contributed by atoms with Crippen LogP contribution < -0.4 is 4.74 Å². The molecule has 0 bridgehead atoms. The van der Waals surface area contributed by atoms with Crippen LogP contribution in [0.4, 0.5) is 32.0 Å². The van der Waals surface area contributed by atoms with Gasteiger partial charge in [0.1, 0.15) is 0 Å². The summed E-state index contributed by atoms with van der Waals surface area (Å²) in [5.41, 5.74) is -3.75. The summed E-state index contributed by atoms with van der Waals surface area (Å²) >= 11 is 3.23. The van der Waals surface area contributed by atoms with Crippen LogP contribution >= 0.6 is 15.9 Å². The first kappa shape index (κ1) is 25.0. The van der Waals surface area contributed by atoms with Gasteiger partial charge in [0.25, 0.3) is 0 Å². The Hall–Kier alpha value is -3.59. The van der Waals surface area contributed by atoms with Crippen LogP contribution in [-0.2, 0) is 12.4 Å². The molecule has 0 aliphatic carbocycles. The maximum Gasteiger partial charge on any atom is 0.416 e. The molecule has 12 heteroatoms. The minimum Gasteiger partial charge on any atom is -0.490 e. The Bertz CT molecular complexity index is 1300. The Balaban J connectivity index is 2.30. The molecule has 0 atom stereocenters. The average molecular weight is 545 g/mol. The topological polar surface area (TPSA) is 76.2 Å². The van der Waals surface area contributed by atoms with E-state index in [-0.39, 0.29) is 38.5 Å². The lowest BCUT2D eigenvalue weighted by Gasteiger charge is -2.15. The number of hydrogen-bond acceptors (Lipinski definition) is 4. The fraction of sp³-hybridized carbons (Fsp3) is 0.136. The van der Waals surface area contributed by atoms with Crippen LogP contribution in [0.2, 0.25) is 0 Å². The molecule has 3 rings (SSSR count). The number of methoxy groups -OCH3 is 1. The number of nitro groups is 1. The Kier molecular flexibility index (Phi) is 6.61. The predicted octanol–water partition coefficient (Wildman–Crippen LogP) is 7.61. The number of halogens is 7. The minimum absolute atomic E-state index is 0.00196. The van der Waals surface area contributed by atoms with E-state index in [9.17, 15) is 41.7 Å². The standard InChI is InChI=1S/C22H11BrF6N2O3/c1-34-20-9-18(23)17(8-19(20)31(32)33)14-3-11(10-30)2-12(4-14)13-5-15(21(24,25)26)7-16(6-13)22(27,28)29/h2-9H,1H3. The van der Waals surface area contributed by atoms with E-state index in [1.807, 2.05) is 0 Å². The van der Waals surface area contributed by atoms with Gasteiger partial charge in [-0.2, -0.15) is 31.6 Å². The maximum atomic E-state index is 13.3. The van der Waals surface area contributed by atoms with E-state index in [0.717, 1.165) is 12.1 Å². The minimum atomic E-state index is -5.05. The van der Waals surface area contributed by atoms with E-state index < -0.39 is 39.7 Å². The molecule has 5 nitrogen and oxygen atoms in total. The fourth-order valence-electron chi connectivity index (χ4n) is 3.21. The highest BCUT2D eigenvalue weighted by molar-refractivity contribution is 9.10. The van der Waals surface area contributed by atoms with Crippen molar-refractivity contribution in [1.29, 1.82) is 5.26 Å². The molecule has 3 aromatic carbocycles. The van der Waals surface area contributed by atoms with Crippen molar-refractivity contribution in [2.45, 2.75) is 12.4 Å². The SMILES string of the molecule is COc1cc(Br)c(-c2cc(C#N)cc(-c3cc(C(F)(F)F)cc(C(F)(F)F)c3)c2)cc1[N+](=O)[O-].